The number of thiazole rings is 1. The van der Waals surface area contributed by atoms with Crippen LogP contribution in [0.4, 0.5) is 0 Å². The second kappa shape index (κ2) is 5.68. The predicted octanol–water partition coefficient (Wildman–Crippen LogP) is 4.87. The maximum absolute atomic E-state index is 2.36. The molecule has 19 heavy (non-hydrogen) atoms. The number of aryl methyl sites for hydroxylation is 1. The number of rotatable bonds is 3. The molecule has 1 heterocycles. The van der Waals surface area contributed by atoms with E-state index in [2.05, 4.69) is 69.7 Å². The Morgan fingerprint density at radius 1 is 1.32 bits per heavy atom. The Morgan fingerprint density at radius 3 is 2.58 bits per heavy atom. The molecule has 2 rings (SSSR count). The number of hydrogen-bond acceptors (Lipinski definition) is 2. The lowest BCUT2D eigenvalue weighted by molar-refractivity contribution is -0.642. The summed E-state index contributed by atoms with van der Waals surface area (Å²) in [6, 6.07) is 8.60. The average molecular weight is 292 g/mol. The molecule has 0 N–H and O–H groups in total. The largest absolute Gasteiger partial charge is 0.263 e. The maximum Gasteiger partial charge on any atom is 0.263 e. The van der Waals surface area contributed by atoms with Gasteiger partial charge >= 0.3 is 0 Å². The molecule has 1 aromatic carbocycles. The molecule has 0 aliphatic rings. The molecule has 0 aliphatic carbocycles. The van der Waals surface area contributed by atoms with Crippen molar-refractivity contribution in [3.63, 3.8) is 0 Å². The third-order valence-corrected chi connectivity index (χ3v) is 5.56. The fourth-order valence-corrected chi connectivity index (χ4v) is 4.10. The molecule has 0 unspecified atom stereocenters. The Balaban J connectivity index is 2.51. The van der Waals surface area contributed by atoms with Crippen LogP contribution in [0.2, 0.25) is 0 Å². The highest BCUT2D eigenvalue weighted by Gasteiger charge is 2.21. The van der Waals surface area contributed by atoms with Crippen molar-refractivity contribution in [1.82, 2.24) is 0 Å². The van der Waals surface area contributed by atoms with E-state index in [-0.39, 0.29) is 5.41 Å². The van der Waals surface area contributed by atoms with Gasteiger partial charge in [0.25, 0.3) is 5.01 Å². The minimum atomic E-state index is 0.212. The molecule has 0 radical (unpaired) electrons. The average Bonchev–Trinajstić information content (AvgIpc) is 2.65. The van der Waals surface area contributed by atoms with Gasteiger partial charge in [-0.3, -0.25) is 0 Å². The molecular formula is C16H22NS2+. The molecule has 0 saturated carbocycles. The first-order chi connectivity index (χ1) is 8.93. The summed E-state index contributed by atoms with van der Waals surface area (Å²) in [4.78, 5) is 1.46. The van der Waals surface area contributed by atoms with E-state index in [1.54, 1.807) is 0 Å². The summed E-state index contributed by atoms with van der Waals surface area (Å²) in [5.74, 6) is 1.12. The summed E-state index contributed by atoms with van der Waals surface area (Å²) in [7, 11) is 2.15. The molecule has 0 fully saturated rings. The van der Waals surface area contributed by atoms with Crippen LogP contribution in [0.3, 0.4) is 0 Å². The second-order valence-corrected chi connectivity index (χ2v) is 8.03. The van der Waals surface area contributed by atoms with E-state index in [1.165, 1.54) is 20.1 Å². The van der Waals surface area contributed by atoms with Crippen molar-refractivity contribution in [3.8, 4) is 0 Å². The first-order valence-electron chi connectivity index (χ1n) is 6.66. The number of nitrogens with zero attached hydrogens (tertiary/aromatic N) is 1. The standard InChI is InChI=1S/C16H22NS2/c1-6-18-14(16(2,3)4)11-15-17(5)12-9-7-8-10-13(12)19-15/h7-11H,6H2,1-5H3/q+1/b14-11+. The smallest absolute Gasteiger partial charge is 0.185 e. The van der Waals surface area contributed by atoms with Gasteiger partial charge in [0.2, 0.25) is 5.52 Å². The van der Waals surface area contributed by atoms with Crippen molar-refractivity contribution in [1.29, 1.82) is 0 Å². The fraction of sp³-hybridized carbons (Fsp3) is 0.438. The van der Waals surface area contributed by atoms with Crippen molar-refractivity contribution in [3.05, 3.63) is 34.2 Å². The molecule has 0 spiro atoms. The molecule has 0 aliphatic heterocycles. The van der Waals surface area contributed by atoms with Crippen LogP contribution in [-0.4, -0.2) is 5.75 Å². The van der Waals surface area contributed by atoms with Crippen LogP contribution in [0.15, 0.2) is 29.2 Å². The van der Waals surface area contributed by atoms with Crippen LogP contribution in [0.1, 0.15) is 32.7 Å². The summed E-state index contributed by atoms with van der Waals surface area (Å²) in [6.45, 7) is 9.08. The topological polar surface area (TPSA) is 3.88 Å². The molecule has 2 aromatic rings. The Bertz CT molecular complexity index is 603. The Hall–Kier alpha value is -0.800. The van der Waals surface area contributed by atoms with Crippen LogP contribution in [0.25, 0.3) is 16.3 Å². The van der Waals surface area contributed by atoms with Gasteiger partial charge in [0, 0.05) is 12.1 Å². The van der Waals surface area contributed by atoms with Crippen LogP contribution < -0.4 is 4.57 Å². The van der Waals surface area contributed by atoms with Gasteiger partial charge in [-0.25, -0.2) is 0 Å². The Morgan fingerprint density at radius 2 is 2.00 bits per heavy atom. The third kappa shape index (κ3) is 3.21. The molecule has 0 saturated heterocycles. The lowest BCUT2D eigenvalue weighted by Gasteiger charge is -2.21. The highest BCUT2D eigenvalue weighted by Crippen LogP contribution is 2.36. The van der Waals surface area contributed by atoms with Crippen molar-refractivity contribution >= 4 is 39.4 Å². The van der Waals surface area contributed by atoms with Gasteiger partial charge in [0.15, 0.2) is 0 Å². The van der Waals surface area contributed by atoms with Gasteiger partial charge in [-0.05, 0) is 22.1 Å². The minimum absolute atomic E-state index is 0.212. The van der Waals surface area contributed by atoms with Gasteiger partial charge in [0.1, 0.15) is 11.7 Å². The first kappa shape index (κ1) is 14.6. The molecule has 1 nitrogen and oxygen atoms in total. The number of hydrogen-bond donors (Lipinski definition) is 0. The monoisotopic (exact) mass is 292 g/mol. The number of fused-ring (bicyclic) bond motifs is 1. The summed E-state index contributed by atoms with van der Waals surface area (Å²) in [5.41, 5.74) is 1.53. The Labute approximate surface area is 124 Å². The van der Waals surface area contributed by atoms with Crippen molar-refractivity contribution < 1.29 is 4.57 Å². The van der Waals surface area contributed by atoms with E-state index in [9.17, 15) is 0 Å². The van der Waals surface area contributed by atoms with Gasteiger partial charge < -0.3 is 0 Å². The van der Waals surface area contributed by atoms with E-state index in [0.717, 1.165) is 5.75 Å². The normalized spacial score (nSPS) is 13.2. The van der Waals surface area contributed by atoms with Crippen LogP contribution in [0.5, 0.6) is 0 Å². The lowest BCUT2D eigenvalue weighted by atomic mass is 9.96. The van der Waals surface area contributed by atoms with E-state index >= 15 is 0 Å². The van der Waals surface area contributed by atoms with Crippen LogP contribution in [0, 0.1) is 5.41 Å². The predicted molar refractivity (Wildman–Crippen MR) is 88.6 cm³/mol. The zero-order valence-electron chi connectivity index (χ0n) is 12.4. The molecule has 0 bridgehead atoms. The zero-order chi connectivity index (χ0) is 14.0. The van der Waals surface area contributed by atoms with Gasteiger partial charge in [-0.15, -0.1) is 11.8 Å². The Kier molecular flexibility index (Phi) is 4.36. The first-order valence-corrected chi connectivity index (χ1v) is 8.46. The number of allylic oxidation sites excluding steroid dienone is 1. The SMILES string of the molecule is CCS/C(=C/c1sc2ccccc2[n+]1C)C(C)(C)C. The van der Waals surface area contributed by atoms with Crippen molar-refractivity contribution in [2.45, 2.75) is 27.7 Å². The van der Waals surface area contributed by atoms with Gasteiger partial charge in [0.05, 0.1) is 0 Å². The van der Waals surface area contributed by atoms with E-state index < -0.39 is 0 Å². The third-order valence-electron chi connectivity index (χ3n) is 3.07. The van der Waals surface area contributed by atoms with Crippen molar-refractivity contribution in [2.75, 3.05) is 5.75 Å². The summed E-state index contributed by atoms with van der Waals surface area (Å²) in [6.07, 6.45) is 2.36. The quantitative estimate of drug-likeness (QED) is 0.730. The van der Waals surface area contributed by atoms with Crippen LogP contribution >= 0.6 is 23.1 Å². The molecule has 0 amide bonds. The number of para-hydroxylation sites is 1. The van der Waals surface area contributed by atoms with E-state index in [1.807, 2.05) is 23.1 Å². The zero-order valence-corrected chi connectivity index (χ0v) is 14.0. The van der Waals surface area contributed by atoms with E-state index in [4.69, 9.17) is 0 Å². The van der Waals surface area contributed by atoms with Crippen LogP contribution in [-0.2, 0) is 7.05 Å². The highest BCUT2D eigenvalue weighted by molar-refractivity contribution is 8.03. The minimum Gasteiger partial charge on any atom is -0.185 e. The van der Waals surface area contributed by atoms with Gasteiger partial charge in [-0.1, -0.05) is 51.2 Å². The molecule has 3 heteroatoms. The number of aromatic nitrogens is 1. The summed E-state index contributed by atoms with van der Waals surface area (Å²) < 4.78 is 3.65. The molecule has 102 valence electrons. The fourth-order valence-electron chi connectivity index (χ4n) is 1.99. The summed E-state index contributed by atoms with van der Waals surface area (Å²) >= 11 is 3.82. The molecule has 0 atom stereocenters. The number of thioether (sulfide) groups is 1. The summed E-state index contributed by atoms with van der Waals surface area (Å²) in [5, 5.41) is 1.33. The number of benzene rings is 1. The van der Waals surface area contributed by atoms with Gasteiger partial charge in [-0.2, -0.15) is 4.57 Å². The highest BCUT2D eigenvalue weighted by atomic mass is 32.2. The molecular weight excluding hydrogens is 270 g/mol. The molecule has 1 aromatic heterocycles. The van der Waals surface area contributed by atoms with E-state index in [0.29, 0.717) is 0 Å². The second-order valence-electron chi connectivity index (χ2n) is 5.66. The lowest BCUT2D eigenvalue weighted by Crippen LogP contribution is -2.29. The maximum atomic E-state index is 2.36. The van der Waals surface area contributed by atoms with Crippen molar-refractivity contribution in [2.24, 2.45) is 12.5 Å².